The van der Waals surface area contributed by atoms with Crippen molar-refractivity contribution in [2.24, 2.45) is 5.11 Å². The molecule has 2 aliphatic rings. The summed E-state index contributed by atoms with van der Waals surface area (Å²) in [6.45, 7) is 2.23. The van der Waals surface area contributed by atoms with Crippen LogP contribution in [0.4, 0.5) is 0 Å². The van der Waals surface area contributed by atoms with E-state index in [2.05, 4.69) is 21.0 Å². The first-order valence-corrected chi connectivity index (χ1v) is 4.45. The Morgan fingerprint density at radius 2 is 2.62 bits per heavy atom. The van der Waals surface area contributed by atoms with E-state index in [1.54, 1.807) is 0 Å². The summed E-state index contributed by atoms with van der Waals surface area (Å²) in [5.74, 6) is 0. The fourth-order valence-corrected chi connectivity index (χ4v) is 2.15. The zero-order valence-corrected chi connectivity index (χ0v) is 7.30. The van der Waals surface area contributed by atoms with Crippen LogP contribution < -0.4 is 0 Å². The molecule has 5 nitrogen and oxygen atoms in total. The van der Waals surface area contributed by atoms with Gasteiger partial charge in [0, 0.05) is 24.5 Å². The smallest absolute Gasteiger partial charge is 0.0746 e. The van der Waals surface area contributed by atoms with Crippen molar-refractivity contribution in [2.75, 3.05) is 19.6 Å². The van der Waals surface area contributed by atoms with E-state index in [1.807, 2.05) is 0 Å². The van der Waals surface area contributed by atoms with Gasteiger partial charge in [-0.1, -0.05) is 11.2 Å². The van der Waals surface area contributed by atoms with Crippen LogP contribution in [0.1, 0.15) is 6.42 Å². The summed E-state index contributed by atoms with van der Waals surface area (Å²) >= 11 is 0. The highest BCUT2D eigenvalue weighted by atomic mass is 16.3. The van der Waals surface area contributed by atoms with Gasteiger partial charge in [-0.3, -0.25) is 4.90 Å². The number of hydrogen-bond donors (Lipinski definition) is 1. The van der Waals surface area contributed by atoms with Gasteiger partial charge in [0.15, 0.2) is 0 Å². The largest absolute Gasteiger partial charge is 0.391 e. The van der Waals surface area contributed by atoms with Crippen LogP contribution in [-0.4, -0.2) is 41.8 Å². The minimum atomic E-state index is -0.275. The molecule has 13 heavy (non-hydrogen) atoms. The predicted molar refractivity (Wildman–Crippen MR) is 48.1 cm³/mol. The van der Waals surface area contributed by atoms with Gasteiger partial charge in [-0.25, -0.2) is 0 Å². The summed E-state index contributed by atoms with van der Waals surface area (Å²) in [5.41, 5.74) is 9.26. The third-order valence-corrected chi connectivity index (χ3v) is 2.75. The number of hydrogen-bond acceptors (Lipinski definition) is 3. The van der Waals surface area contributed by atoms with Gasteiger partial charge in [0.1, 0.15) is 0 Å². The molecular weight excluding hydrogens is 168 g/mol. The Hall–Kier alpha value is -1.03. The van der Waals surface area contributed by atoms with Gasteiger partial charge in [0.25, 0.3) is 0 Å². The highest BCUT2D eigenvalue weighted by molar-refractivity contribution is 5.24. The fourth-order valence-electron chi connectivity index (χ4n) is 2.15. The monoisotopic (exact) mass is 180 g/mol. The summed E-state index contributed by atoms with van der Waals surface area (Å²) in [6.07, 6.45) is 2.61. The third-order valence-electron chi connectivity index (χ3n) is 2.75. The van der Waals surface area contributed by atoms with Gasteiger partial charge in [-0.2, -0.15) is 0 Å². The van der Waals surface area contributed by atoms with Gasteiger partial charge in [-0.05, 0) is 17.5 Å². The van der Waals surface area contributed by atoms with E-state index in [0.717, 1.165) is 25.1 Å². The highest BCUT2D eigenvalue weighted by Crippen LogP contribution is 2.28. The van der Waals surface area contributed by atoms with E-state index < -0.39 is 0 Å². The SMILES string of the molecule is [N-]=[N+]=NCC1=CCN2CC[C@@H](O)[C@H]12. The molecule has 0 aromatic carbocycles. The van der Waals surface area contributed by atoms with Crippen molar-refractivity contribution in [3.8, 4) is 0 Å². The summed E-state index contributed by atoms with van der Waals surface area (Å²) in [7, 11) is 0. The Morgan fingerprint density at radius 3 is 3.38 bits per heavy atom. The molecular formula is C8H12N4O. The molecule has 1 saturated heterocycles. The molecule has 2 heterocycles. The molecule has 1 N–H and O–H groups in total. The first kappa shape index (κ1) is 8.56. The third kappa shape index (κ3) is 1.42. The van der Waals surface area contributed by atoms with Gasteiger partial charge < -0.3 is 5.11 Å². The Balaban J connectivity index is 2.08. The number of nitrogens with zero attached hydrogens (tertiary/aromatic N) is 4. The molecule has 0 aromatic heterocycles. The predicted octanol–water partition coefficient (Wildman–Crippen LogP) is 0.672. The molecule has 1 fully saturated rings. The van der Waals surface area contributed by atoms with Crippen molar-refractivity contribution in [1.29, 1.82) is 0 Å². The molecule has 2 aliphatic heterocycles. The maximum atomic E-state index is 9.65. The molecule has 0 aromatic rings. The number of aliphatic hydroxyl groups is 1. The fraction of sp³-hybridized carbons (Fsp3) is 0.750. The van der Waals surface area contributed by atoms with Crippen LogP contribution in [0.25, 0.3) is 10.4 Å². The van der Waals surface area contributed by atoms with E-state index in [1.165, 1.54) is 0 Å². The Kier molecular flexibility index (Phi) is 2.22. The van der Waals surface area contributed by atoms with Gasteiger partial charge >= 0.3 is 0 Å². The lowest BCUT2D eigenvalue weighted by Gasteiger charge is -2.19. The van der Waals surface area contributed by atoms with Crippen molar-refractivity contribution < 1.29 is 5.11 Å². The molecule has 0 saturated carbocycles. The summed E-state index contributed by atoms with van der Waals surface area (Å²) in [4.78, 5) is 4.94. The zero-order valence-electron chi connectivity index (χ0n) is 7.30. The lowest BCUT2D eigenvalue weighted by Crippen LogP contribution is -2.32. The Labute approximate surface area is 76.3 Å². The molecule has 2 atom stereocenters. The molecule has 0 aliphatic carbocycles. The molecule has 2 rings (SSSR count). The van der Waals surface area contributed by atoms with Crippen molar-refractivity contribution in [3.05, 3.63) is 22.1 Å². The van der Waals surface area contributed by atoms with Gasteiger partial charge in [0.2, 0.25) is 0 Å². The minimum absolute atomic E-state index is 0.116. The van der Waals surface area contributed by atoms with Gasteiger partial charge in [0.05, 0.1) is 12.1 Å². The lowest BCUT2D eigenvalue weighted by molar-refractivity contribution is 0.146. The van der Waals surface area contributed by atoms with Crippen LogP contribution >= 0.6 is 0 Å². The van der Waals surface area contributed by atoms with Crippen LogP contribution in [0.3, 0.4) is 0 Å². The van der Waals surface area contributed by atoms with Crippen molar-refractivity contribution >= 4 is 0 Å². The average molecular weight is 180 g/mol. The number of rotatable bonds is 2. The maximum absolute atomic E-state index is 9.65. The lowest BCUT2D eigenvalue weighted by atomic mass is 10.1. The van der Waals surface area contributed by atoms with Crippen LogP contribution in [0.15, 0.2) is 16.8 Å². The summed E-state index contributed by atoms with van der Waals surface area (Å²) < 4.78 is 0. The number of azide groups is 1. The number of aliphatic hydroxyl groups excluding tert-OH is 1. The molecule has 0 unspecified atom stereocenters. The van der Waals surface area contributed by atoms with Crippen molar-refractivity contribution in [2.45, 2.75) is 18.6 Å². The Morgan fingerprint density at radius 1 is 1.77 bits per heavy atom. The highest BCUT2D eigenvalue weighted by Gasteiger charge is 2.37. The Bertz CT molecular complexity index is 282. The first-order valence-electron chi connectivity index (χ1n) is 4.45. The van der Waals surface area contributed by atoms with E-state index in [-0.39, 0.29) is 12.1 Å². The summed E-state index contributed by atoms with van der Waals surface area (Å²) in [6, 6.07) is 0.116. The summed E-state index contributed by atoms with van der Waals surface area (Å²) in [5, 5.41) is 13.2. The first-order chi connectivity index (χ1) is 6.33. The van der Waals surface area contributed by atoms with E-state index >= 15 is 0 Å². The van der Waals surface area contributed by atoms with Crippen LogP contribution in [0, 0.1) is 0 Å². The molecule has 0 bridgehead atoms. The van der Waals surface area contributed by atoms with Gasteiger partial charge in [-0.15, -0.1) is 0 Å². The second-order valence-electron chi connectivity index (χ2n) is 3.46. The topological polar surface area (TPSA) is 72.2 Å². The van der Waals surface area contributed by atoms with Crippen molar-refractivity contribution in [1.82, 2.24) is 4.90 Å². The molecule has 0 radical (unpaired) electrons. The zero-order chi connectivity index (χ0) is 9.26. The second-order valence-corrected chi connectivity index (χ2v) is 3.46. The van der Waals surface area contributed by atoms with E-state index in [0.29, 0.717) is 6.54 Å². The molecule has 0 spiro atoms. The van der Waals surface area contributed by atoms with Crippen LogP contribution in [0.5, 0.6) is 0 Å². The molecule has 5 heteroatoms. The minimum Gasteiger partial charge on any atom is -0.391 e. The maximum Gasteiger partial charge on any atom is 0.0746 e. The van der Waals surface area contributed by atoms with Crippen LogP contribution in [0.2, 0.25) is 0 Å². The quantitative estimate of drug-likeness (QED) is 0.293. The average Bonchev–Trinajstić information content (AvgIpc) is 2.67. The molecule has 70 valence electrons. The standard InChI is InChI=1S/C8H12N4O/c9-11-10-5-6-1-3-12-4-2-7(13)8(6)12/h1,7-8,13H,2-5H2/t7-,8+/m1/s1. The van der Waals surface area contributed by atoms with E-state index in [9.17, 15) is 5.11 Å². The van der Waals surface area contributed by atoms with Crippen molar-refractivity contribution in [3.63, 3.8) is 0 Å². The van der Waals surface area contributed by atoms with Crippen LogP contribution in [-0.2, 0) is 0 Å². The second kappa shape index (κ2) is 3.38. The number of fused-ring (bicyclic) bond motifs is 1. The molecule has 0 amide bonds. The normalized spacial score (nSPS) is 32.5. The van der Waals surface area contributed by atoms with E-state index in [4.69, 9.17) is 5.53 Å².